The maximum absolute atomic E-state index is 13.8. The quantitative estimate of drug-likeness (QED) is 0.404. The molecule has 0 aliphatic carbocycles. The number of fused-ring (bicyclic) bond motifs is 1. The maximum atomic E-state index is 13.8. The van der Waals surface area contributed by atoms with Crippen molar-refractivity contribution in [3.8, 4) is 0 Å². The van der Waals surface area contributed by atoms with E-state index in [0.29, 0.717) is 50.5 Å². The molecular weight excluding hydrogens is 468 g/mol. The maximum Gasteiger partial charge on any atom is 0.419 e. The normalized spacial score (nSPS) is 14.3. The van der Waals surface area contributed by atoms with Crippen LogP contribution in [0.1, 0.15) is 31.8 Å². The molecule has 1 fully saturated rings. The van der Waals surface area contributed by atoms with Crippen molar-refractivity contribution in [3.05, 3.63) is 64.6 Å². The summed E-state index contributed by atoms with van der Waals surface area (Å²) in [6, 6.07) is 5.71. The van der Waals surface area contributed by atoms with Gasteiger partial charge in [0.05, 0.1) is 17.7 Å². The van der Waals surface area contributed by atoms with Crippen molar-refractivity contribution in [1.29, 1.82) is 0 Å². The Kier molecular flexibility index (Phi) is 6.79. The van der Waals surface area contributed by atoms with Gasteiger partial charge in [-0.2, -0.15) is 18.3 Å². The first-order valence-electron chi connectivity index (χ1n) is 11.0. The first kappa shape index (κ1) is 24.6. The minimum absolute atomic E-state index is 0.0877. The lowest BCUT2D eigenvalue weighted by atomic mass is 9.98. The SMILES string of the molecule is COCCNC(=O)c1ccc2nn(CC3CN(C(=O)c4ccc(C(F)(F)F)c(F)c4)C3)cc2c1C. The van der Waals surface area contributed by atoms with Gasteiger partial charge >= 0.3 is 6.18 Å². The topological polar surface area (TPSA) is 76.5 Å². The van der Waals surface area contributed by atoms with Gasteiger partial charge in [-0.05, 0) is 42.8 Å². The van der Waals surface area contributed by atoms with E-state index >= 15 is 0 Å². The minimum atomic E-state index is -4.81. The zero-order valence-corrected chi connectivity index (χ0v) is 19.2. The molecule has 0 bridgehead atoms. The van der Waals surface area contributed by atoms with Crippen LogP contribution in [0.15, 0.2) is 36.5 Å². The largest absolute Gasteiger partial charge is 0.419 e. The summed E-state index contributed by atoms with van der Waals surface area (Å²) in [6.07, 6.45) is -2.96. The van der Waals surface area contributed by atoms with Crippen molar-refractivity contribution in [2.24, 2.45) is 5.92 Å². The van der Waals surface area contributed by atoms with Crippen LogP contribution in [0, 0.1) is 18.7 Å². The molecule has 0 saturated carbocycles. The van der Waals surface area contributed by atoms with Gasteiger partial charge in [0.25, 0.3) is 11.8 Å². The van der Waals surface area contributed by atoms with Crippen LogP contribution in [0.3, 0.4) is 0 Å². The van der Waals surface area contributed by atoms with Crippen LogP contribution in [-0.2, 0) is 17.5 Å². The fourth-order valence-electron chi connectivity index (χ4n) is 4.16. The van der Waals surface area contributed by atoms with Crippen molar-refractivity contribution < 1.29 is 31.9 Å². The summed E-state index contributed by atoms with van der Waals surface area (Å²) in [5.41, 5.74) is 0.581. The lowest BCUT2D eigenvalue weighted by Gasteiger charge is -2.39. The van der Waals surface area contributed by atoms with Crippen molar-refractivity contribution in [2.45, 2.75) is 19.6 Å². The molecule has 11 heteroatoms. The fraction of sp³-hybridized carbons (Fsp3) is 0.375. The smallest absolute Gasteiger partial charge is 0.383 e. The van der Waals surface area contributed by atoms with E-state index in [9.17, 15) is 27.2 Å². The molecule has 0 atom stereocenters. The Bertz CT molecular complexity index is 1270. The van der Waals surface area contributed by atoms with E-state index in [1.807, 2.05) is 13.1 Å². The summed E-state index contributed by atoms with van der Waals surface area (Å²) in [6.45, 7) is 3.95. The van der Waals surface area contributed by atoms with Crippen molar-refractivity contribution >= 4 is 22.7 Å². The molecule has 35 heavy (non-hydrogen) atoms. The predicted molar refractivity (Wildman–Crippen MR) is 119 cm³/mol. The highest BCUT2D eigenvalue weighted by Crippen LogP contribution is 2.32. The van der Waals surface area contributed by atoms with Crippen LogP contribution >= 0.6 is 0 Å². The molecule has 0 unspecified atom stereocenters. The van der Waals surface area contributed by atoms with Crippen LogP contribution in [0.5, 0.6) is 0 Å². The predicted octanol–water partition coefficient (Wildman–Crippen LogP) is 3.65. The first-order valence-corrected chi connectivity index (χ1v) is 11.0. The van der Waals surface area contributed by atoms with Gasteiger partial charge in [-0.15, -0.1) is 0 Å². The van der Waals surface area contributed by atoms with E-state index < -0.39 is 23.5 Å². The van der Waals surface area contributed by atoms with Crippen LogP contribution in [0.4, 0.5) is 17.6 Å². The number of aromatic nitrogens is 2. The Balaban J connectivity index is 1.38. The highest BCUT2D eigenvalue weighted by atomic mass is 19.4. The second kappa shape index (κ2) is 9.65. The zero-order chi connectivity index (χ0) is 25.3. The van der Waals surface area contributed by atoms with Gasteiger partial charge in [0.1, 0.15) is 5.82 Å². The minimum Gasteiger partial charge on any atom is -0.383 e. The second-order valence-electron chi connectivity index (χ2n) is 8.54. The van der Waals surface area contributed by atoms with Crippen molar-refractivity contribution in [3.63, 3.8) is 0 Å². The van der Waals surface area contributed by atoms with E-state index in [1.165, 1.54) is 4.90 Å². The molecular formula is C24H24F4N4O3. The molecule has 1 N–H and O–H groups in total. The molecule has 7 nitrogen and oxygen atoms in total. The molecule has 2 heterocycles. The number of hydrogen-bond donors (Lipinski definition) is 1. The summed E-state index contributed by atoms with van der Waals surface area (Å²) >= 11 is 0. The van der Waals surface area contributed by atoms with Crippen LogP contribution in [0.2, 0.25) is 0 Å². The lowest BCUT2D eigenvalue weighted by molar-refractivity contribution is -0.140. The lowest BCUT2D eigenvalue weighted by Crippen LogP contribution is -2.51. The van der Waals surface area contributed by atoms with E-state index in [4.69, 9.17) is 4.74 Å². The highest BCUT2D eigenvalue weighted by molar-refractivity contribution is 6.00. The monoisotopic (exact) mass is 492 g/mol. The number of halogens is 4. The van der Waals surface area contributed by atoms with Crippen LogP contribution in [-0.4, -0.2) is 59.8 Å². The number of nitrogens with zero attached hydrogens (tertiary/aromatic N) is 3. The van der Waals surface area contributed by atoms with Gasteiger partial charge in [-0.1, -0.05) is 0 Å². The number of methoxy groups -OCH3 is 1. The third-order valence-corrected chi connectivity index (χ3v) is 6.05. The van der Waals surface area contributed by atoms with Gasteiger partial charge in [0.15, 0.2) is 0 Å². The van der Waals surface area contributed by atoms with Gasteiger partial charge < -0.3 is 15.0 Å². The number of carbonyl (C=O) groups excluding carboxylic acids is 2. The van der Waals surface area contributed by atoms with Crippen molar-refractivity contribution in [2.75, 3.05) is 33.4 Å². The van der Waals surface area contributed by atoms with Gasteiger partial charge in [-0.25, -0.2) is 4.39 Å². The third kappa shape index (κ3) is 5.14. The Morgan fingerprint density at radius 2 is 1.94 bits per heavy atom. The zero-order valence-electron chi connectivity index (χ0n) is 19.2. The summed E-state index contributed by atoms with van der Waals surface area (Å²) < 4.78 is 58.7. The van der Waals surface area contributed by atoms with E-state index in [2.05, 4.69) is 10.4 Å². The van der Waals surface area contributed by atoms with Gasteiger partial charge in [0, 0.05) is 61.9 Å². The van der Waals surface area contributed by atoms with E-state index in [1.54, 1.807) is 23.9 Å². The number of aryl methyl sites for hydroxylation is 1. The number of alkyl halides is 3. The van der Waals surface area contributed by atoms with E-state index in [0.717, 1.165) is 22.5 Å². The standard InChI is InChI=1S/C24H24F4N4O3/c1-14-17(22(33)29-7-8-35-2)4-6-21-18(14)13-32(30-21)12-15-10-31(11-15)23(34)16-3-5-19(20(25)9-16)24(26,27)28/h3-6,9,13,15H,7-8,10-12H2,1-2H3,(H,29,33). The molecule has 1 aliphatic heterocycles. The highest BCUT2D eigenvalue weighted by Gasteiger charge is 2.36. The number of nitrogens with one attached hydrogen (secondary N) is 1. The molecule has 4 rings (SSSR count). The molecule has 1 saturated heterocycles. The molecule has 1 aromatic heterocycles. The molecule has 2 aromatic carbocycles. The van der Waals surface area contributed by atoms with Crippen molar-refractivity contribution in [1.82, 2.24) is 20.0 Å². The van der Waals surface area contributed by atoms with Gasteiger partial charge in [0.2, 0.25) is 0 Å². The number of ether oxygens (including phenoxy) is 1. The van der Waals surface area contributed by atoms with Crippen LogP contribution in [0.25, 0.3) is 10.9 Å². The fourth-order valence-corrected chi connectivity index (χ4v) is 4.16. The van der Waals surface area contributed by atoms with E-state index in [-0.39, 0.29) is 17.4 Å². The Labute approximate surface area is 198 Å². The number of amides is 2. The molecule has 3 aromatic rings. The summed E-state index contributed by atoms with van der Waals surface area (Å²) in [5.74, 6) is -2.09. The molecule has 2 amide bonds. The number of rotatable bonds is 7. The first-order chi connectivity index (χ1) is 16.6. The number of carbonyl (C=O) groups is 2. The Morgan fingerprint density at radius 1 is 1.20 bits per heavy atom. The molecule has 1 aliphatic rings. The molecule has 186 valence electrons. The second-order valence-corrected chi connectivity index (χ2v) is 8.54. The van der Waals surface area contributed by atoms with Crippen LogP contribution < -0.4 is 5.32 Å². The average molecular weight is 492 g/mol. The molecule has 0 radical (unpaired) electrons. The Hall–Kier alpha value is -3.47. The number of benzene rings is 2. The number of likely N-dealkylation sites (tertiary alicyclic amines) is 1. The summed E-state index contributed by atoms with van der Waals surface area (Å²) in [5, 5.41) is 8.19. The van der Waals surface area contributed by atoms with Gasteiger partial charge in [-0.3, -0.25) is 14.3 Å². The third-order valence-electron chi connectivity index (χ3n) is 6.05. The Morgan fingerprint density at radius 3 is 2.60 bits per heavy atom. The average Bonchev–Trinajstić information content (AvgIpc) is 3.18. The summed E-state index contributed by atoms with van der Waals surface area (Å²) in [4.78, 5) is 26.4. The number of hydrogen-bond acceptors (Lipinski definition) is 4. The summed E-state index contributed by atoms with van der Waals surface area (Å²) in [7, 11) is 1.56. The molecule has 0 spiro atoms.